The minimum Gasteiger partial charge on any atom is -0.307 e. The fraction of sp³-hybridized carbons (Fsp3) is 0. The number of rotatable bonds is 0. The SMILES string of the molecule is c1ccc2c(c1)-c1cccc3c4cccc5c6cccc-2c6n(c13)c45. The monoisotopic (exact) mass is 315 g/mol. The lowest BCUT2D eigenvalue weighted by molar-refractivity contribution is 1.38. The van der Waals surface area contributed by atoms with E-state index < -0.39 is 0 Å². The molecule has 7 rings (SSSR count). The predicted octanol–water partition coefficient (Wildman–Crippen LogP) is 6.48. The molecule has 0 fully saturated rings. The molecule has 114 valence electrons. The van der Waals surface area contributed by atoms with E-state index in [4.69, 9.17) is 0 Å². The van der Waals surface area contributed by atoms with E-state index in [1.54, 1.807) is 0 Å². The van der Waals surface area contributed by atoms with Crippen molar-refractivity contribution >= 4 is 38.1 Å². The van der Waals surface area contributed by atoms with E-state index in [0.29, 0.717) is 0 Å². The third kappa shape index (κ3) is 1.20. The zero-order valence-corrected chi connectivity index (χ0v) is 13.5. The summed E-state index contributed by atoms with van der Waals surface area (Å²) >= 11 is 0. The van der Waals surface area contributed by atoms with E-state index in [-0.39, 0.29) is 0 Å². The molecule has 0 N–H and O–H groups in total. The number of aromatic nitrogens is 1. The van der Waals surface area contributed by atoms with Crippen molar-refractivity contribution in [2.75, 3.05) is 0 Å². The average molecular weight is 315 g/mol. The Morgan fingerprint density at radius 1 is 0.360 bits per heavy atom. The Labute approximate surface area is 144 Å². The molecule has 0 bridgehead atoms. The number of nitrogens with zero attached hydrogens (tertiary/aromatic N) is 1. The summed E-state index contributed by atoms with van der Waals surface area (Å²) in [5, 5.41) is 5.42. The third-order valence-corrected chi connectivity index (χ3v) is 5.87. The van der Waals surface area contributed by atoms with Crippen molar-refractivity contribution < 1.29 is 0 Å². The minimum absolute atomic E-state index is 1.33. The summed E-state index contributed by atoms with van der Waals surface area (Å²) in [5.41, 5.74) is 9.38. The number of benzene rings is 4. The van der Waals surface area contributed by atoms with E-state index in [1.165, 1.54) is 60.3 Å². The second-order valence-corrected chi connectivity index (χ2v) is 6.99. The summed E-state index contributed by atoms with van der Waals surface area (Å²) in [6, 6.07) is 29.0. The first-order chi connectivity index (χ1) is 12.4. The number of fused-ring (bicyclic) bond motifs is 5. The molecular weight excluding hydrogens is 302 g/mol. The molecule has 0 atom stereocenters. The Bertz CT molecular complexity index is 1380. The molecule has 25 heavy (non-hydrogen) atoms. The van der Waals surface area contributed by atoms with Gasteiger partial charge < -0.3 is 4.40 Å². The van der Waals surface area contributed by atoms with Crippen LogP contribution in [-0.2, 0) is 0 Å². The number of para-hydroxylation sites is 3. The Kier molecular flexibility index (Phi) is 1.86. The molecule has 0 saturated heterocycles. The van der Waals surface area contributed by atoms with E-state index in [9.17, 15) is 0 Å². The predicted molar refractivity (Wildman–Crippen MR) is 106 cm³/mol. The van der Waals surface area contributed by atoms with Crippen molar-refractivity contribution in [2.24, 2.45) is 0 Å². The third-order valence-electron chi connectivity index (χ3n) is 5.87. The lowest BCUT2D eigenvalue weighted by Crippen LogP contribution is -1.83. The maximum Gasteiger partial charge on any atom is 0.0621 e. The highest BCUT2D eigenvalue weighted by atomic mass is 14.9. The maximum absolute atomic E-state index is 2.51. The molecule has 1 aliphatic heterocycles. The highest BCUT2D eigenvalue weighted by molar-refractivity contribution is 6.28. The van der Waals surface area contributed by atoms with Gasteiger partial charge in [-0.15, -0.1) is 0 Å². The first kappa shape index (κ1) is 12.1. The minimum atomic E-state index is 1.33. The van der Waals surface area contributed by atoms with Crippen LogP contribution in [0.4, 0.5) is 0 Å². The molecule has 2 aromatic heterocycles. The average Bonchev–Trinajstić information content (AvgIpc) is 3.15. The van der Waals surface area contributed by atoms with Crippen molar-refractivity contribution in [3.63, 3.8) is 0 Å². The molecule has 0 spiro atoms. The first-order valence-electron chi connectivity index (χ1n) is 8.73. The van der Waals surface area contributed by atoms with Gasteiger partial charge in [-0.3, -0.25) is 0 Å². The Hall–Kier alpha value is -3.32. The van der Waals surface area contributed by atoms with Gasteiger partial charge in [0.05, 0.1) is 16.6 Å². The molecule has 0 saturated carbocycles. The van der Waals surface area contributed by atoms with Gasteiger partial charge in [0, 0.05) is 32.7 Å². The molecule has 3 heterocycles. The molecule has 4 aromatic carbocycles. The van der Waals surface area contributed by atoms with Gasteiger partial charge in [-0.05, 0) is 11.1 Å². The van der Waals surface area contributed by atoms with Gasteiger partial charge in [-0.25, -0.2) is 0 Å². The topological polar surface area (TPSA) is 4.41 Å². The number of hydrogen-bond donors (Lipinski definition) is 0. The second kappa shape index (κ2) is 3.84. The van der Waals surface area contributed by atoms with Gasteiger partial charge in [0.2, 0.25) is 0 Å². The van der Waals surface area contributed by atoms with Gasteiger partial charge >= 0.3 is 0 Å². The van der Waals surface area contributed by atoms with Crippen LogP contribution in [0.1, 0.15) is 0 Å². The highest BCUT2D eigenvalue weighted by Crippen LogP contribution is 2.48. The van der Waals surface area contributed by atoms with Crippen LogP contribution in [-0.4, -0.2) is 4.40 Å². The Morgan fingerprint density at radius 2 is 0.760 bits per heavy atom. The van der Waals surface area contributed by atoms with Crippen molar-refractivity contribution in [1.82, 2.24) is 4.40 Å². The smallest absolute Gasteiger partial charge is 0.0621 e. The summed E-state index contributed by atoms with van der Waals surface area (Å²) < 4.78 is 2.51. The Balaban J connectivity index is 2.00. The first-order valence-corrected chi connectivity index (χ1v) is 8.73. The molecule has 1 aliphatic rings. The van der Waals surface area contributed by atoms with Crippen molar-refractivity contribution in [1.29, 1.82) is 0 Å². The van der Waals surface area contributed by atoms with Crippen LogP contribution in [0.25, 0.3) is 60.3 Å². The highest BCUT2D eigenvalue weighted by Gasteiger charge is 2.25. The maximum atomic E-state index is 2.51. The second-order valence-electron chi connectivity index (χ2n) is 6.99. The lowest BCUT2D eigenvalue weighted by atomic mass is 9.94. The van der Waals surface area contributed by atoms with E-state index in [2.05, 4.69) is 83.3 Å². The normalized spacial score (nSPS) is 12.8. The molecule has 0 radical (unpaired) electrons. The van der Waals surface area contributed by atoms with Gasteiger partial charge in [0.25, 0.3) is 0 Å². The van der Waals surface area contributed by atoms with Crippen LogP contribution in [0.2, 0.25) is 0 Å². The van der Waals surface area contributed by atoms with Crippen LogP contribution < -0.4 is 0 Å². The molecule has 6 aromatic rings. The standard InChI is InChI=1S/C24H13N/c1-2-7-15-14(6-1)16-8-3-10-18-20-12-5-13-21-19-11-4-9-17(15)23(19)25(22(16)18)24(20)21/h1-13H. The van der Waals surface area contributed by atoms with Crippen molar-refractivity contribution in [2.45, 2.75) is 0 Å². The fourth-order valence-corrected chi connectivity index (χ4v) is 4.95. The van der Waals surface area contributed by atoms with Crippen LogP contribution in [0.3, 0.4) is 0 Å². The fourth-order valence-electron chi connectivity index (χ4n) is 4.95. The van der Waals surface area contributed by atoms with E-state index in [0.717, 1.165) is 0 Å². The molecular formula is C24H13N. The zero-order chi connectivity index (χ0) is 16.1. The van der Waals surface area contributed by atoms with Crippen molar-refractivity contribution in [3.8, 4) is 22.3 Å². The largest absolute Gasteiger partial charge is 0.307 e. The van der Waals surface area contributed by atoms with Crippen LogP contribution in [0.15, 0.2) is 78.9 Å². The molecule has 0 unspecified atom stereocenters. The van der Waals surface area contributed by atoms with Gasteiger partial charge in [0.1, 0.15) is 0 Å². The molecule has 0 amide bonds. The summed E-state index contributed by atoms with van der Waals surface area (Å²) in [6.45, 7) is 0. The quantitative estimate of drug-likeness (QED) is 0.301. The van der Waals surface area contributed by atoms with E-state index >= 15 is 0 Å². The van der Waals surface area contributed by atoms with Crippen LogP contribution in [0.5, 0.6) is 0 Å². The zero-order valence-electron chi connectivity index (χ0n) is 13.5. The van der Waals surface area contributed by atoms with Gasteiger partial charge in [-0.1, -0.05) is 78.9 Å². The van der Waals surface area contributed by atoms with Crippen LogP contribution in [0, 0.1) is 0 Å². The Morgan fingerprint density at radius 3 is 1.28 bits per heavy atom. The molecule has 0 aliphatic carbocycles. The summed E-state index contributed by atoms with van der Waals surface area (Å²) in [6.07, 6.45) is 0. The summed E-state index contributed by atoms with van der Waals surface area (Å²) in [4.78, 5) is 0. The van der Waals surface area contributed by atoms with Gasteiger partial charge in [0.15, 0.2) is 0 Å². The summed E-state index contributed by atoms with van der Waals surface area (Å²) in [5.74, 6) is 0. The molecule has 1 heteroatoms. The lowest BCUT2D eigenvalue weighted by Gasteiger charge is -2.09. The van der Waals surface area contributed by atoms with Crippen LogP contribution >= 0.6 is 0 Å². The number of hydrogen-bond acceptors (Lipinski definition) is 0. The van der Waals surface area contributed by atoms with E-state index in [1.807, 2.05) is 0 Å². The molecule has 1 nitrogen and oxygen atoms in total. The van der Waals surface area contributed by atoms with Crippen molar-refractivity contribution in [3.05, 3.63) is 78.9 Å². The van der Waals surface area contributed by atoms with Gasteiger partial charge in [-0.2, -0.15) is 0 Å². The summed E-state index contributed by atoms with van der Waals surface area (Å²) in [7, 11) is 0.